The molecule has 2 aromatic carbocycles. The maximum Gasteiger partial charge on any atom is 0.404 e. The van der Waals surface area contributed by atoms with E-state index >= 15 is 0 Å². The Balaban J connectivity index is 1.50. The number of halogens is 3. The molecule has 1 unspecified atom stereocenters. The number of likely N-dealkylation sites (tertiary alicyclic amines) is 1. The minimum absolute atomic E-state index is 0.200. The van der Waals surface area contributed by atoms with Crippen LogP contribution in [0.5, 0.6) is 0 Å². The van der Waals surface area contributed by atoms with Gasteiger partial charge in [0.1, 0.15) is 0 Å². The largest absolute Gasteiger partial charge is 0.404 e. The van der Waals surface area contributed by atoms with Gasteiger partial charge in [-0.25, -0.2) is 4.68 Å². The molecule has 0 bridgehead atoms. The first kappa shape index (κ1) is 20.2. The number of carbonyl (C=O) groups is 1. The van der Waals surface area contributed by atoms with Crippen molar-refractivity contribution in [3.63, 3.8) is 0 Å². The molecule has 0 radical (unpaired) electrons. The number of amides is 1. The van der Waals surface area contributed by atoms with Crippen molar-refractivity contribution in [2.24, 2.45) is 5.41 Å². The van der Waals surface area contributed by atoms with E-state index in [0.717, 1.165) is 11.3 Å². The monoisotopic (exact) mass is 414 g/mol. The van der Waals surface area contributed by atoms with E-state index in [9.17, 15) is 18.0 Å². The fourth-order valence-electron chi connectivity index (χ4n) is 3.77. The first-order valence-corrected chi connectivity index (χ1v) is 9.62. The fourth-order valence-corrected chi connectivity index (χ4v) is 3.77. The molecule has 1 saturated heterocycles. The van der Waals surface area contributed by atoms with Gasteiger partial charge in [-0.3, -0.25) is 9.69 Å². The average Bonchev–Trinajstić information content (AvgIpc) is 3.37. The van der Waals surface area contributed by atoms with Crippen LogP contribution >= 0.6 is 0 Å². The highest BCUT2D eigenvalue weighted by molar-refractivity contribution is 5.96. The highest BCUT2D eigenvalue weighted by Gasteiger charge is 2.63. The SMILES string of the molecule is O=C(Nc1cnn(-c2ccccc2)c1)C1(C(F)(F)F)CCN(Cc2ccccc2)C1. The molecule has 1 amide bonds. The Morgan fingerprint density at radius 2 is 1.73 bits per heavy atom. The summed E-state index contributed by atoms with van der Waals surface area (Å²) in [4.78, 5) is 14.5. The van der Waals surface area contributed by atoms with E-state index < -0.39 is 17.5 Å². The summed E-state index contributed by atoms with van der Waals surface area (Å²) < 4.78 is 43.6. The Bertz CT molecular complexity index is 1000. The zero-order chi connectivity index (χ0) is 21.2. The van der Waals surface area contributed by atoms with Gasteiger partial charge in [-0.05, 0) is 30.7 Å². The standard InChI is InChI=1S/C22H21F3N4O/c23-22(24,25)21(11-12-28(16-21)14-17-7-3-1-4-8-17)20(30)27-18-13-26-29(15-18)19-9-5-2-6-10-19/h1-10,13,15H,11-12,14,16H2,(H,27,30). The highest BCUT2D eigenvalue weighted by Crippen LogP contribution is 2.46. The van der Waals surface area contributed by atoms with E-state index in [2.05, 4.69) is 10.4 Å². The molecule has 3 aromatic rings. The molecule has 30 heavy (non-hydrogen) atoms. The summed E-state index contributed by atoms with van der Waals surface area (Å²) in [5.41, 5.74) is -0.552. The second-order valence-corrected chi connectivity index (χ2v) is 7.49. The second-order valence-electron chi connectivity index (χ2n) is 7.49. The predicted octanol–water partition coefficient (Wildman–Crippen LogP) is 4.27. The summed E-state index contributed by atoms with van der Waals surface area (Å²) in [5, 5.41) is 6.57. The Kier molecular flexibility index (Phi) is 5.34. The molecule has 1 N–H and O–H groups in total. The van der Waals surface area contributed by atoms with Gasteiger partial charge in [-0.1, -0.05) is 48.5 Å². The number of anilines is 1. The number of nitrogens with one attached hydrogen (secondary N) is 1. The Morgan fingerprint density at radius 3 is 2.40 bits per heavy atom. The molecule has 0 aliphatic carbocycles. The van der Waals surface area contributed by atoms with Crippen molar-refractivity contribution in [3.05, 3.63) is 78.6 Å². The molecular weight excluding hydrogens is 393 g/mol. The van der Waals surface area contributed by atoms with Crippen molar-refractivity contribution in [2.45, 2.75) is 19.1 Å². The normalized spacial score (nSPS) is 19.7. The Morgan fingerprint density at radius 1 is 1.07 bits per heavy atom. The summed E-state index contributed by atoms with van der Waals surface area (Å²) >= 11 is 0. The van der Waals surface area contributed by atoms with Crippen LogP contribution in [0, 0.1) is 5.41 Å². The van der Waals surface area contributed by atoms with Gasteiger partial charge in [0.2, 0.25) is 5.91 Å². The molecular formula is C22H21F3N4O. The summed E-state index contributed by atoms with van der Waals surface area (Å²) in [6.07, 6.45) is -2.07. The molecule has 1 aromatic heterocycles. The molecule has 2 heterocycles. The van der Waals surface area contributed by atoms with Crippen molar-refractivity contribution < 1.29 is 18.0 Å². The quantitative estimate of drug-likeness (QED) is 0.679. The molecule has 0 saturated carbocycles. The van der Waals surface area contributed by atoms with Crippen LogP contribution in [0.2, 0.25) is 0 Å². The summed E-state index contributed by atoms with van der Waals surface area (Å²) in [7, 11) is 0. The minimum atomic E-state index is -4.65. The third kappa shape index (κ3) is 3.95. The van der Waals surface area contributed by atoms with Crippen LogP contribution in [0.15, 0.2) is 73.1 Å². The lowest BCUT2D eigenvalue weighted by molar-refractivity contribution is -0.215. The third-order valence-corrected chi connectivity index (χ3v) is 5.44. The van der Waals surface area contributed by atoms with Gasteiger partial charge < -0.3 is 5.32 Å². The van der Waals surface area contributed by atoms with E-state index in [1.807, 2.05) is 60.7 Å². The number of alkyl halides is 3. The van der Waals surface area contributed by atoms with Crippen LogP contribution in [-0.2, 0) is 11.3 Å². The number of benzene rings is 2. The molecule has 4 rings (SSSR count). The van der Waals surface area contributed by atoms with Gasteiger partial charge >= 0.3 is 6.18 Å². The Labute approximate surface area is 172 Å². The van der Waals surface area contributed by atoms with Gasteiger partial charge in [0.15, 0.2) is 5.41 Å². The smallest absolute Gasteiger partial charge is 0.323 e. The van der Waals surface area contributed by atoms with Crippen LogP contribution in [0.4, 0.5) is 18.9 Å². The molecule has 1 aliphatic rings. The lowest BCUT2D eigenvalue weighted by Gasteiger charge is -2.30. The van der Waals surface area contributed by atoms with E-state index in [1.165, 1.54) is 17.1 Å². The zero-order valence-electron chi connectivity index (χ0n) is 16.1. The van der Waals surface area contributed by atoms with Gasteiger partial charge in [-0.2, -0.15) is 18.3 Å². The number of rotatable bonds is 5. The lowest BCUT2D eigenvalue weighted by Crippen LogP contribution is -2.49. The lowest BCUT2D eigenvalue weighted by atomic mass is 9.85. The van der Waals surface area contributed by atoms with Crippen LogP contribution in [0.3, 0.4) is 0 Å². The molecule has 0 spiro atoms. The van der Waals surface area contributed by atoms with Crippen molar-refractivity contribution in [1.82, 2.24) is 14.7 Å². The van der Waals surface area contributed by atoms with Crippen molar-refractivity contribution in [3.8, 4) is 5.69 Å². The van der Waals surface area contributed by atoms with Gasteiger partial charge in [0, 0.05) is 13.1 Å². The van der Waals surface area contributed by atoms with Crippen LogP contribution < -0.4 is 5.32 Å². The Hall–Kier alpha value is -3.13. The number of nitrogens with zero attached hydrogens (tertiary/aromatic N) is 3. The maximum atomic E-state index is 14.0. The number of carbonyl (C=O) groups excluding carboxylic acids is 1. The summed E-state index contributed by atoms with van der Waals surface area (Å²) in [6.45, 7) is 0.201. The van der Waals surface area contributed by atoms with E-state index in [1.54, 1.807) is 4.90 Å². The van der Waals surface area contributed by atoms with Gasteiger partial charge in [0.25, 0.3) is 0 Å². The number of para-hydroxylation sites is 1. The highest BCUT2D eigenvalue weighted by atomic mass is 19.4. The predicted molar refractivity (Wildman–Crippen MR) is 107 cm³/mol. The van der Waals surface area contributed by atoms with Crippen LogP contribution in [-0.4, -0.2) is 39.9 Å². The second kappa shape index (κ2) is 7.95. The summed E-state index contributed by atoms with van der Waals surface area (Å²) in [5.74, 6) is -1.04. The van der Waals surface area contributed by atoms with Gasteiger partial charge in [0.05, 0.1) is 23.8 Å². The van der Waals surface area contributed by atoms with Crippen molar-refractivity contribution in [2.75, 3.05) is 18.4 Å². The van der Waals surface area contributed by atoms with Crippen molar-refractivity contribution >= 4 is 11.6 Å². The molecule has 1 fully saturated rings. The minimum Gasteiger partial charge on any atom is -0.323 e. The average molecular weight is 414 g/mol. The number of hydrogen-bond acceptors (Lipinski definition) is 3. The molecule has 1 atom stereocenters. The molecule has 1 aliphatic heterocycles. The summed E-state index contributed by atoms with van der Waals surface area (Å²) in [6, 6.07) is 18.4. The molecule has 5 nitrogen and oxygen atoms in total. The van der Waals surface area contributed by atoms with Crippen LogP contribution in [0.1, 0.15) is 12.0 Å². The maximum absolute atomic E-state index is 14.0. The molecule has 8 heteroatoms. The van der Waals surface area contributed by atoms with Crippen molar-refractivity contribution in [1.29, 1.82) is 0 Å². The first-order chi connectivity index (χ1) is 14.4. The van der Waals surface area contributed by atoms with Gasteiger partial charge in [-0.15, -0.1) is 0 Å². The topological polar surface area (TPSA) is 50.2 Å². The number of aromatic nitrogens is 2. The number of hydrogen-bond donors (Lipinski definition) is 1. The van der Waals surface area contributed by atoms with Crippen LogP contribution in [0.25, 0.3) is 5.69 Å². The zero-order valence-corrected chi connectivity index (χ0v) is 16.1. The molecule has 156 valence electrons. The fraction of sp³-hybridized carbons (Fsp3) is 0.273. The van der Waals surface area contributed by atoms with E-state index in [4.69, 9.17) is 0 Å². The van der Waals surface area contributed by atoms with E-state index in [-0.39, 0.29) is 25.2 Å². The third-order valence-electron chi connectivity index (χ3n) is 5.44. The van der Waals surface area contributed by atoms with E-state index in [0.29, 0.717) is 6.54 Å². The first-order valence-electron chi connectivity index (χ1n) is 9.62.